The Morgan fingerprint density at radius 3 is 2.44 bits per heavy atom. The summed E-state index contributed by atoms with van der Waals surface area (Å²) in [6.45, 7) is 5.77. The molecule has 0 saturated heterocycles. The Kier molecular flexibility index (Phi) is 2.41. The van der Waals surface area contributed by atoms with E-state index < -0.39 is 0 Å². The summed E-state index contributed by atoms with van der Waals surface area (Å²) < 4.78 is 26.8. The van der Waals surface area contributed by atoms with Gasteiger partial charge in [0, 0.05) is 17.0 Å². The SMILES string of the molecule is CC(C)(C)c1c(F)cnc2cc(F)ccc12. The molecule has 0 spiro atoms. The predicted molar refractivity (Wildman–Crippen MR) is 60.4 cm³/mol. The van der Waals surface area contributed by atoms with E-state index in [0.29, 0.717) is 16.5 Å². The van der Waals surface area contributed by atoms with E-state index in [0.717, 1.165) is 6.20 Å². The number of hydrogen-bond donors (Lipinski definition) is 0. The third-order valence-corrected chi connectivity index (χ3v) is 2.53. The zero-order valence-electron chi connectivity index (χ0n) is 9.51. The number of aromatic nitrogens is 1. The highest BCUT2D eigenvalue weighted by Gasteiger charge is 2.21. The van der Waals surface area contributed by atoms with Crippen molar-refractivity contribution < 1.29 is 8.78 Å². The highest BCUT2D eigenvalue weighted by Crippen LogP contribution is 2.31. The minimum absolute atomic E-state index is 0.330. The molecular weight excluding hydrogens is 208 g/mol. The standard InChI is InChI=1S/C13H13F2N/c1-13(2,3)12-9-5-4-8(14)6-11(9)16-7-10(12)15/h4-7H,1-3H3. The lowest BCUT2D eigenvalue weighted by atomic mass is 9.84. The van der Waals surface area contributed by atoms with Crippen LogP contribution in [0.2, 0.25) is 0 Å². The molecule has 1 nitrogen and oxygen atoms in total. The first-order valence-electron chi connectivity index (χ1n) is 5.14. The number of hydrogen-bond acceptors (Lipinski definition) is 1. The Morgan fingerprint density at radius 1 is 1.12 bits per heavy atom. The van der Waals surface area contributed by atoms with Crippen molar-refractivity contribution in [2.75, 3.05) is 0 Å². The van der Waals surface area contributed by atoms with E-state index >= 15 is 0 Å². The third-order valence-electron chi connectivity index (χ3n) is 2.53. The average molecular weight is 221 g/mol. The van der Waals surface area contributed by atoms with E-state index in [1.807, 2.05) is 20.8 Å². The zero-order chi connectivity index (χ0) is 11.9. The quantitative estimate of drug-likeness (QED) is 0.659. The second-order valence-electron chi connectivity index (χ2n) is 4.89. The monoisotopic (exact) mass is 221 g/mol. The van der Waals surface area contributed by atoms with E-state index in [1.165, 1.54) is 12.1 Å². The van der Waals surface area contributed by atoms with Crippen LogP contribution in [0.5, 0.6) is 0 Å². The lowest BCUT2D eigenvalue weighted by Gasteiger charge is -2.21. The molecule has 0 aliphatic rings. The minimum atomic E-state index is -0.355. The van der Waals surface area contributed by atoms with Gasteiger partial charge in [0.05, 0.1) is 11.7 Å². The van der Waals surface area contributed by atoms with Crippen molar-refractivity contribution in [3.8, 4) is 0 Å². The van der Waals surface area contributed by atoms with Crippen molar-refractivity contribution in [2.24, 2.45) is 0 Å². The van der Waals surface area contributed by atoms with Crippen molar-refractivity contribution in [3.05, 3.63) is 41.6 Å². The van der Waals surface area contributed by atoms with Gasteiger partial charge >= 0.3 is 0 Å². The summed E-state index contributed by atoms with van der Waals surface area (Å²) in [5.74, 6) is -0.696. The molecule has 2 rings (SSSR count). The Labute approximate surface area is 93.1 Å². The fourth-order valence-corrected chi connectivity index (χ4v) is 1.90. The van der Waals surface area contributed by atoms with Crippen LogP contribution in [0, 0.1) is 11.6 Å². The van der Waals surface area contributed by atoms with Gasteiger partial charge < -0.3 is 0 Å². The first-order chi connectivity index (χ1) is 7.39. The lowest BCUT2D eigenvalue weighted by molar-refractivity contribution is 0.525. The van der Waals surface area contributed by atoms with Crippen molar-refractivity contribution in [3.63, 3.8) is 0 Å². The molecule has 0 N–H and O–H groups in total. The molecule has 0 aliphatic carbocycles. The van der Waals surface area contributed by atoms with Crippen LogP contribution in [0.3, 0.4) is 0 Å². The van der Waals surface area contributed by atoms with E-state index in [-0.39, 0.29) is 17.0 Å². The normalized spacial score (nSPS) is 12.1. The second kappa shape index (κ2) is 3.51. The van der Waals surface area contributed by atoms with Crippen molar-refractivity contribution >= 4 is 10.9 Å². The highest BCUT2D eigenvalue weighted by molar-refractivity contribution is 5.83. The van der Waals surface area contributed by atoms with Gasteiger partial charge in [-0.2, -0.15) is 0 Å². The molecule has 1 aromatic carbocycles. The highest BCUT2D eigenvalue weighted by atomic mass is 19.1. The predicted octanol–water partition coefficient (Wildman–Crippen LogP) is 3.81. The van der Waals surface area contributed by atoms with Crippen LogP contribution >= 0.6 is 0 Å². The largest absolute Gasteiger partial charge is 0.253 e. The van der Waals surface area contributed by atoms with Gasteiger partial charge in [-0.05, 0) is 17.5 Å². The molecule has 0 radical (unpaired) electrons. The topological polar surface area (TPSA) is 12.9 Å². The minimum Gasteiger partial charge on any atom is -0.253 e. The summed E-state index contributed by atoms with van der Waals surface area (Å²) in [6.07, 6.45) is 1.16. The van der Waals surface area contributed by atoms with Gasteiger partial charge in [-0.15, -0.1) is 0 Å². The molecule has 0 saturated carbocycles. The molecule has 1 aromatic heterocycles. The maximum absolute atomic E-state index is 13.8. The average Bonchev–Trinajstić information content (AvgIpc) is 2.16. The molecule has 0 aliphatic heterocycles. The molecule has 0 bridgehead atoms. The Balaban J connectivity index is 2.85. The first kappa shape index (κ1) is 11.0. The van der Waals surface area contributed by atoms with Gasteiger partial charge in [-0.3, -0.25) is 4.98 Å². The second-order valence-corrected chi connectivity index (χ2v) is 4.89. The smallest absolute Gasteiger partial charge is 0.145 e. The molecule has 3 heteroatoms. The molecule has 0 amide bonds. The van der Waals surface area contributed by atoms with Crippen LogP contribution in [-0.4, -0.2) is 4.98 Å². The Bertz CT molecular complexity index is 541. The van der Waals surface area contributed by atoms with Gasteiger partial charge in [0.2, 0.25) is 0 Å². The number of nitrogens with zero attached hydrogens (tertiary/aromatic N) is 1. The molecule has 0 atom stereocenters. The van der Waals surface area contributed by atoms with Crippen molar-refractivity contribution in [2.45, 2.75) is 26.2 Å². The van der Waals surface area contributed by atoms with Gasteiger partial charge in [-0.25, -0.2) is 8.78 Å². The first-order valence-corrected chi connectivity index (χ1v) is 5.14. The number of halogens is 2. The molecule has 0 unspecified atom stereocenters. The summed E-state index contributed by atoms with van der Waals surface area (Å²) in [7, 11) is 0. The van der Waals surface area contributed by atoms with Crippen LogP contribution in [0.25, 0.3) is 10.9 Å². The molecule has 1 heterocycles. The van der Waals surface area contributed by atoms with Crippen LogP contribution in [0.4, 0.5) is 8.78 Å². The van der Waals surface area contributed by atoms with Crippen LogP contribution in [0.1, 0.15) is 26.3 Å². The van der Waals surface area contributed by atoms with Gasteiger partial charge in [0.1, 0.15) is 11.6 Å². The molecule has 0 fully saturated rings. The number of pyridine rings is 1. The number of fused-ring (bicyclic) bond motifs is 1. The Hall–Kier alpha value is -1.51. The maximum Gasteiger partial charge on any atom is 0.145 e. The van der Waals surface area contributed by atoms with Crippen LogP contribution in [-0.2, 0) is 5.41 Å². The molecular formula is C13H13F2N. The molecule has 16 heavy (non-hydrogen) atoms. The molecule has 2 aromatic rings. The van der Waals surface area contributed by atoms with Crippen LogP contribution < -0.4 is 0 Å². The third kappa shape index (κ3) is 1.77. The van der Waals surface area contributed by atoms with E-state index in [2.05, 4.69) is 4.98 Å². The van der Waals surface area contributed by atoms with Crippen molar-refractivity contribution in [1.82, 2.24) is 4.98 Å². The van der Waals surface area contributed by atoms with Crippen LogP contribution in [0.15, 0.2) is 24.4 Å². The van der Waals surface area contributed by atoms with E-state index in [1.54, 1.807) is 6.07 Å². The number of benzene rings is 1. The van der Waals surface area contributed by atoms with Crippen molar-refractivity contribution in [1.29, 1.82) is 0 Å². The van der Waals surface area contributed by atoms with Gasteiger partial charge in [-0.1, -0.05) is 20.8 Å². The Morgan fingerprint density at radius 2 is 1.81 bits per heavy atom. The summed E-state index contributed by atoms with van der Waals surface area (Å²) in [5.41, 5.74) is 0.743. The summed E-state index contributed by atoms with van der Waals surface area (Å²) in [5, 5.41) is 0.675. The van der Waals surface area contributed by atoms with Gasteiger partial charge in [0.25, 0.3) is 0 Å². The summed E-state index contributed by atoms with van der Waals surface area (Å²) in [4.78, 5) is 3.90. The molecule has 84 valence electrons. The fourth-order valence-electron chi connectivity index (χ4n) is 1.90. The summed E-state index contributed by atoms with van der Waals surface area (Å²) >= 11 is 0. The fraction of sp³-hybridized carbons (Fsp3) is 0.308. The zero-order valence-corrected chi connectivity index (χ0v) is 9.51. The lowest BCUT2D eigenvalue weighted by Crippen LogP contribution is -2.14. The van der Waals surface area contributed by atoms with E-state index in [4.69, 9.17) is 0 Å². The summed E-state index contributed by atoms with van der Waals surface area (Å²) in [6, 6.07) is 4.24. The van der Waals surface area contributed by atoms with Gasteiger partial charge in [0.15, 0.2) is 0 Å². The number of rotatable bonds is 0. The maximum atomic E-state index is 13.8. The van der Waals surface area contributed by atoms with E-state index in [9.17, 15) is 8.78 Å².